The first-order valence-electron chi connectivity index (χ1n) is 13.2. The second-order valence-corrected chi connectivity index (χ2v) is 11.9. The summed E-state index contributed by atoms with van der Waals surface area (Å²) in [6, 6.07) is 2.02. The van der Waals surface area contributed by atoms with Crippen molar-refractivity contribution in [2.75, 3.05) is 5.75 Å². The molecule has 3 aliphatic heterocycles. The fourth-order valence-corrected chi connectivity index (χ4v) is 7.43. The Morgan fingerprint density at radius 1 is 1.36 bits per heavy atom. The van der Waals surface area contributed by atoms with Gasteiger partial charge in [-0.1, -0.05) is 6.92 Å². The van der Waals surface area contributed by atoms with E-state index in [4.69, 9.17) is 15.5 Å². The third-order valence-electron chi connectivity index (χ3n) is 8.65. The number of esters is 1. The lowest BCUT2D eigenvalue weighted by Crippen LogP contribution is -2.44. The zero-order chi connectivity index (χ0) is 27.4. The third-order valence-corrected chi connectivity index (χ3v) is 9.95. The molecule has 5 heterocycles. The molecule has 9 nitrogen and oxygen atoms in total. The van der Waals surface area contributed by atoms with Crippen LogP contribution < -0.4 is 16.6 Å². The van der Waals surface area contributed by atoms with Gasteiger partial charge in [-0.05, 0) is 49.3 Å². The molecule has 4 N–H and O–H groups in total. The average molecular weight is 551 g/mol. The van der Waals surface area contributed by atoms with Crippen molar-refractivity contribution in [2.45, 2.75) is 68.8 Å². The Balaban J connectivity index is 1.46. The van der Waals surface area contributed by atoms with Gasteiger partial charge in [-0.3, -0.25) is 9.59 Å². The lowest BCUT2D eigenvalue weighted by Gasteiger charge is -2.31. The number of ether oxygens (including phenoxy) is 1. The summed E-state index contributed by atoms with van der Waals surface area (Å²) in [4.78, 5) is 44.9. The van der Waals surface area contributed by atoms with E-state index in [0.717, 1.165) is 34.3 Å². The van der Waals surface area contributed by atoms with Gasteiger partial charge in [0.2, 0.25) is 5.91 Å². The Hall–Kier alpha value is -3.28. The molecule has 2 unspecified atom stereocenters. The number of nitrogens with two attached hydrogens (primary N) is 1. The maximum atomic E-state index is 15.0. The van der Waals surface area contributed by atoms with Crippen molar-refractivity contribution in [2.24, 2.45) is 11.7 Å². The molecule has 4 aliphatic rings. The highest BCUT2D eigenvalue weighted by atomic mass is 32.2. The van der Waals surface area contributed by atoms with Gasteiger partial charge < -0.3 is 25.5 Å². The number of carbonyl (C=O) groups excluding carboxylic acids is 2. The van der Waals surface area contributed by atoms with Gasteiger partial charge in [0.25, 0.3) is 5.56 Å². The van der Waals surface area contributed by atoms with E-state index in [1.807, 2.05) is 0 Å². The Morgan fingerprint density at radius 2 is 2.13 bits per heavy atom. The highest BCUT2D eigenvalue weighted by Gasteiger charge is 2.46. The summed E-state index contributed by atoms with van der Waals surface area (Å²) in [5.41, 5.74) is 7.74. The number of hydrogen-bond acceptors (Lipinski definition) is 8. The molecule has 0 radical (unpaired) electrons. The van der Waals surface area contributed by atoms with Crippen molar-refractivity contribution in [3.8, 4) is 11.4 Å². The minimum absolute atomic E-state index is 0.0331. The largest absolute Gasteiger partial charge is 0.458 e. The van der Waals surface area contributed by atoms with Gasteiger partial charge in [0, 0.05) is 33.2 Å². The molecule has 39 heavy (non-hydrogen) atoms. The normalized spacial score (nSPS) is 23.6. The molecule has 0 spiro atoms. The number of benzene rings is 1. The van der Waals surface area contributed by atoms with Crippen LogP contribution in [0.4, 0.5) is 4.39 Å². The van der Waals surface area contributed by atoms with Gasteiger partial charge in [-0.25, -0.2) is 14.2 Å². The van der Waals surface area contributed by atoms with E-state index in [1.54, 1.807) is 24.5 Å². The number of cyclic esters (lactones) is 1. The number of halogens is 1. The van der Waals surface area contributed by atoms with E-state index >= 15 is 4.39 Å². The highest BCUT2D eigenvalue weighted by Crippen LogP contribution is 2.48. The Morgan fingerprint density at radius 3 is 2.85 bits per heavy atom. The highest BCUT2D eigenvalue weighted by molar-refractivity contribution is 7.99. The topological polar surface area (TPSA) is 137 Å². The number of aliphatic hydroxyl groups is 1. The van der Waals surface area contributed by atoms with Gasteiger partial charge in [0.05, 0.1) is 41.1 Å². The van der Waals surface area contributed by atoms with Crippen molar-refractivity contribution in [3.05, 3.63) is 56.1 Å². The first-order chi connectivity index (χ1) is 18.6. The van der Waals surface area contributed by atoms with E-state index < -0.39 is 23.7 Å². The molecule has 0 bridgehead atoms. The average Bonchev–Trinajstić information content (AvgIpc) is 3.71. The standard InChI is InChI=1S/C28H27FN4O5S/c1-3-28(37)15-6-19-23-13(8-33(19)26(35)14(15)9-38-27(28)36)20-18(32-25(34)22(30)12-4-5-12)10-39-24-11(2)16(29)7-17(31-23)21(20)24/h6-7,12,18,22,37H,3-5,8-10,30H2,1-2H3,(H,32,34)/t18?,22?,28-/m0/s1. The van der Waals surface area contributed by atoms with Crippen LogP contribution in [-0.4, -0.2) is 38.3 Å². The van der Waals surface area contributed by atoms with Crippen LogP contribution in [0.2, 0.25) is 0 Å². The lowest BCUT2D eigenvalue weighted by molar-refractivity contribution is -0.172. The molecule has 2 aromatic heterocycles. The van der Waals surface area contributed by atoms with E-state index in [9.17, 15) is 19.5 Å². The molecule has 7 rings (SSSR count). The number of aromatic nitrogens is 2. The van der Waals surface area contributed by atoms with Crippen molar-refractivity contribution < 1.29 is 23.8 Å². The molecule has 11 heteroatoms. The van der Waals surface area contributed by atoms with Crippen LogP contribution in [-0.2, 0) is 33.1 Å². The molecule has 1 aliphatic carbocycles. The van der Waals surface area contributed by atoms with Crippen molar-refractivity contribution >= 4 is 34.5 Å². The zero-order valence-electron chi connectivity index (χ0n) is 21.5. The molecule has 3 atom stereocenters. The number of nitrogens with one attached hydrogen (secondary N) is 1. The Bertz CT molecular complexity index is 1700. The molecule has 202 valence electrons. The van der Waals surface area contributed by atoms with Gasteiger partial charge in [0.1, 0.15) is 12.4 Å². The quantitative estimate of drug-likeness (QED) is 0.330. The number of pyridine rings is 2. The fourth-order valence-electron chi connectivity index (χ4n) is 6.18. The second-order valence-electron chi connectivity index (χ2n) is 10.9. The van der Waals surface area contributed by atoms with Gasteiger partial charge in [0.15, 0.2) is 5.60 Å². The molecule has 3 aromatic rings. The Kier molecular flexibility index (Phi) is 5.30. The summed E-state index contributed by atoms with van der Waals surface area (Å²) >= 11 is 1.47. The zero-order valence-corrected chi connectivity index (χ0v) is 22.3. The number of rotatable bonds is 4. The molecule has 1 aromatic carbocycles. The summed E-state index contributed by atoms with van der Waals surface area (Å²) in [6.07, 6.45) is 1.90. The van der Waals surface area contributed by atoms with Crippen molar-refractivity contribution in [1.82, 2.24) is 14.9 Å². The number of fused-ring (bicyclic) bond motifs is 5. The second kappa shape index (κ2) is 8.36. The summed E-state index contributed by atoms with van der Waals surface area (Å²) in [6.45, 7) is 3.34. The maximum Gasteiger partial charge on any atom is 0.343 e. The van der Waals surface area contributed by atoms with Gasteiger partial charge in [-0.15, -0.1) is 11.8 Å². The van der Waals surface area contributed by atoms with Crippen LogP contribution in [0, 0.1) is 18.7 Å². The first-order valence-corrected chi connectivity index (χ1v) is 14.1. The first kappa shape index (κ1) is 24.7. The van der Waals surface area contributed by atoms with Crippen LogP contribution >= 0.6 is 11.8 Å². The molecular formula is C28H27FN4O5S. The molecule has 1 saturated carbocycles. The Labute approximate surface area is 226 Å². The maximum absolute atomic E-state index is 15.0. The number of nitrogens with zero attached hydrogens (tertiary/aromatic N) is 2. The van der Waals surface area contributed by atoms with Gasteiger partial charge in [-0.2, -0.15) is 0 Å². The van der Waals surface area contributed by atoms with Crippen LogP contribution in [0.3, 0.4) is 0 Å². The number of amides is 1. The molecule has 0 saturated heterocycles. The molecular weight excluding hydrogens is 523 g/mol. The SMILES string of the molecule is CC[C@@]1(O)C(=O)OCc2c1cc1n(c2=O)Cc2c-1nc1cc(F)c(C)c3c1c2C(NC(=O)C(N)C1CC1)CS3. The monoisotopic (exact) mass is 550 g/mol. The van der Waals surface area contributed by atoms with E-state index in [0.29, 0.717) is 28.2 Å². The van der Waals surface area contributed by atoms with Crippen LogP contribution in [0.15, 0.2) is 21.8 Å². The summed E-state index contributed by atoms with van der Waals surface area (Å²) < 4.78 is 21.7. The van der Waals surface area contributed by atoms with Gasteiger partial charge >= 0.3 is 5.97 Å². The summed E-state index contributed by atoms with van der Waals surface area (Å²) in [5.74, 6) is -0.743. The lowest BCUT2D eigenvalue weighted by atomic mass is 9.86. The summed E-state index contributed by atoms with van der Waals surface area (Å²) in [5, 5.41) is 15.1. The minimum Gasteiger partial charge on any atom is -0.458 e. The number of thioether (sulfide) groups is 1. The van der Waals surface area contributed by atoms with Crippen molar-refractivity contribution in [1.29, 1.82) is 0 Å². The minimum atomic E-state index is -1.95. The predicted molar refractivity (Wildman–Crippen MR) is 142 cm³/mol. The van der Waals surface area contributed by atoms with E-state index in [-0.39, 0.29) is 53.9 Å². The predicted octanol–water partition coefficient (Wildman–Crippen LogP) is 2.53. The third kappa shape index (κ3) is 3.39. The van der Waals surface area contributed by atoms with E-state index in [1.165, 1.54) is 17.8 Å². The fraction of sp³-hybridized carbons (Fsp3) is 0.429. The summed E-state index contributed by atoms with van der Waals surface area (Å²) in [7, 11) is 0. The smallest absolute Gasteiger partial charge is 0.343 e. The van der Waals surface area contributed by atoms with Crippen LogP contribution in [0.1, 0.15) is 60.0 Å². The number of carbonyl (C=O) groups is 2. The van der Waals surface area contributed by atoms with Crippen molar-refractivity contribution in [3.63, 3.8) is 0 Å². The number of hydrogen-bond donors (Lipinski definition) is 3. The van der Waals surface area contributed by atoms with Crippen LogP contribution in [0.5, 0.6) is 0 Å². The molecule has 1 fully saturated rings. The van der Waals surface area contributed by atoms with Crippen LogP contribution in [0.25, 0.3) is 22.3 Å². The van der Waals surface area contributed by atoms with E-state index in [2.05, 4.69) is 5.32 Å². The molecule has 1 amide bonds.